The summed E-state index contributed by atoms with van der Waals surface area (Å²) in [4.78, 5) is 35.6. The molecule has 0 radical (unpaired) electrons. The second-order valence-corrected chi connectivity index (χ2v) is 6.82. The average Bonchev–Trinajstić information content (AvgIpc) is 2.60. The molecule has 1 atom stereocenters. The Morgan fingerprint density at radius 1 is 1.25 bits per heavy atom. The molecule has 0 fully saturated rings. The zero-order valence-electron chi connectivity index (χ0n) is 15.1. The second kappa shape index (κ2) is 9.97. The molecule has 0 heterocycles. The molecule has 11 heteroatoms. The Morgan fingerprint density at radius 3 is 2.39 bits per heavy atom. The van der Waals surface area contributed by atoms with Gasteiger partial charge in [0, 0.05) is 20.5 Å². The smallest absolute Gasteiger partial charge is 0.407 e. The molecule has 28 heavy (non-hydrogen) atoms. The van der Waals surface area contributed by atoms with Crippen molar-refractivity contribution in [2.75, 3.05) is 20.6 Å². The van der Waals surface area contributed by atoms with Crippen molar-refractivity contribution in [1.29, 1.82) is 0 Å². The number of nitrogens with zero attached hydrogens (tertiary/aromatic N) is 1. The molecule has 0 aromatic heterocycles. The van der Waals surface area contributed by atoms with Crippen LogP contribution < -0.4 is 5.32 Å². The molecule has 1 rings (SSSR count). The maximum Gasteiger partial charge on any atom is 0.407 e. The summed E-state index contributed by atoms with van der Waals surface area (Å²) in [6, 6.07) is 4.25. The van der Waals surface area contributed by atoms with Gasteiger partial charge in [-0.2, -0.15) is 13.2 Å². The van der Waals surface area contributed by atoms with E-state index >= 15 is 0 Å². The van der Waals surface area contributed by atoms with Gasteiger partial charge in [0.25, 0.3) is 0 Å². The van der Waals surface area contributed by atoms with Gasteiger partial charge >= 0.3 is 12.3 Å². The third-order valence-electron chi connectivity index (χ3n) is 3.87. The zero-order valence-corrected chi connectivity index (χ0v) is 16.6. The standard InChI is InChI=1S/C17H19Cl2F3N2O4/c1-23-15(27)28-16(6-3-7-25,11-4-5-12(18)13(19)8-11)10-24(2)14(26)9-17(20,21)22/h4-5,7-8H,3,6,9-10H2,1-2H3,(H,23,27)/t16-/m1/s1. The monoisotopic (exact) mass is 442 g/mol. The summed E-state index contributed by atoms with van der Waals surface area (Å²) in [5.74, 6) is -1.22. The van der Waals surface area contributed by atoms with Crippen molar-refractivity contribution in [3.63, 3.8) is 0 Å². The molecule has 6 nitrogen and oxygen atoms in total. The van der Waals surface area contributed by atoms with Crippen LogP contribution in [0.15, 0.2) is 18.2 Å². The van der Waals surface area contributed by atoms with Crippen LogP contribution in [0.3, 0.4) is 0 Å². The summed E-state index contributed by atoms with van der Waals surface area (Å²) in [6.07, 6.45) is -6.87. The van der Waals surface area contributed by atoms with Crippen molar-refractivity contribution < 1.29 is 32.3 Å². The lowest BCUT2D eigenvalue weighted by Gasteiger charge is -2.37. The first kappa shape index (κ1) is 24.0. The van der Waals surface area contributed by atoms with Crippen molar-refractivity contribution >= 4 is 41.5 Å². The molecule has 1 aromatic rings. The van der Waals surface area contributed by atoms with E-state index in [1.807, 2.05) is 0 Å². The van der Waals surface area contributed by atoms with E-state index in [2.05, 4.69) is 5.32 Å². The second-order valence-electron chi connectivity index (χ2n) is 6.01. The SMILES string of the molecule is CNC(=O)O[C@](CCC=O)(CN(C)C(=O)CC(F)(F)F)c1ccc(Cl)c(Cl)c1. The van der Waals surface area contributed by atoms with E-state index in [1.54, 1.807) is 0 Å². The Labute approximate surface area is 169 Å². The molecule has 0 spiro atoms. The first-order valence-electron chi connectivity index (χ1n) is 8.04. The van der Waals surface area contributed by atoms with E-state index in [0.29, 0.717) is 6.29 Å². The molecular weight excluding hydrogens is 424 g/mol. The predicted molar refractivity (Wildman–Crippen MR) is 97.3 cm³/mol. The zero-order chi connectivity index (χ0) is 21.5. The van der Waals surface area contributed by atoms with Gasteiger partial charge in [-0.3, -0.25) is 4.79 Å². The minimum Gasteiger partial charge on any atom is -0.436 e. The molecule has 0 bridgehead atoms. The number of carbonyl (C=O) groups excluding carboxylic acids is 3. The van der Waals surface area contributed by atoms with Gasteiger partial charge in [-0.15, -0.1) is 0 Å². The highest BCUT2D eigenvalue weighted by Gasteiger charge is 2.40. The van der Waals surface area contributed by atoms with Crippen molar-refractivity contribution in [2.24, 2.45) is 0 Å². The van der Waals surface area contributed by atoms with Crippen LogP contribution in [0, 0.1) is 0 Å². The molecule has 0 aliphatic rings. The highest BCUT2D eigenvalue weighted by atomic mass is 35.5. The first-order valence-corrected chi connectivity index (χ1v) is 8.80. The third kappa shape index (κ3) is 6.87. The van der Waals surface area contributed by atoms with E-state index in [0.717, 1.165) is 11.9 Å². The van der Waals surface area contributed by atoms with E-state index in [-0.39, 0.29) is 28.5 Å². The quantitative estimate of drug-likeness (QED) is 0.618. The lowest BCUT2D eigenvalue weighted by Crippen LogP contribution is -2.47. The molecule has 0 saturated heterocycles. The van der Waals surface area contributed by atoms with Gasteiger partial charge in [-0.1, -0.05) is 29.3 Å². The highest BCUT2D eigenvalue weighted by molar-refractivity contribution is 6.42. The lowest BCUT2D eigenvalue weighted by molar-refractivity contribution is -0.163. The number of aldehydes is 1. The maximum atomic E-state index is 12.6. The number of amides is 2. The normalized spacial score (nSPS) is 13.4. The molecule has 0 saturated carbocycles. The van der Waals surface area contributed by atoms with Crippen LogP contribution in [-0.2, 0) is 19.9 Å². The largest absolute Gasteiger partial charge is 0.436 e. The molecule has 0 unspecified atom stereocenters. The van der Waals surface area contributed by atoms with Gasteiger partial charge in [0.1, 0.15) is 12.7 Å². The van der Waals surface area contributed by atoms with Gasteiger partial charge < -0.3 is 19.7 Å². The number of halogens is 5. The van der Waals surface area contributed by atoms with Crippen molar-refractivity contribution in [1.82, 2.24) is 10.2 Å². The number of benzene rings is 1. The summed E-state index contributed by atoms with van der Waals surface area (Å²) >= 11 is 11.9. The molecule has 1 aromatic carbocycles. The van der Waals surface area contributed by atoms with Gasteiger partial charge in [-0.25, -0.2) is 4.79 Å². The summed E-state index contributed by atoms with van der Waals surface area (Å²) in [5, 5.41) is 2.56. The highest BCUT2D eigenvalue weighted by Crippen LogP contribution is 2.36. The number of likely N-dealkylation sites (N-methyl/N-ethyl adjacent to an activating group) is 1. The van der Waals surface area contributed by atoms with Crippen molar-refractivity contribution in [3.8, 4) is 0 Å². The van der Waals surface area contributed by atoms with E-state index in [1.165, 1.54) is 25.2 Å². The fourth-order valence-corrected chi connectivity index (χ4v) is 2.83. The third-order valence-corrected chi connectivity index (χ3v) is 4.61. The van der Waals surface area contributed by atoms with Gasteiger partial charge in [-0.05, 0) is 24.1 Å². The van der Waals surface area contributed by atoms with Crippen LogP contribution in [0.25, 0.3) is 0 Å². The fourth-order valence-electron chi connectivity index (χ4n) is 2.53. The van der Waals surface area contributed by atoms with Crippen molar-refractivity contribution in [2.45, 2.75) is 31.0 Å². The lowest BCUT2D eigenvalue weighted by atomic mass is 9.88. The van der Waals surface area contributed by atoms with Crippen LogP contribution in [0.4, 0.5) is 18.0 Å². The number of nitrogens with one attached hydrogen (secondary N) is 1. The topological polar surface area (TPSA) is 75.7 Å². The van der Waals surface area contributed by atoms with Gasteiger partial charge in [0.15, 0.2) is 5.60 Å². The maximum absolute atomic E-state index is 12.6. The Morgan fingerprint density at radius 2 is 1.89 bits per heavy atom. The van der Waals surface area contributed by atoms with Crippen LogP contribution >= 0.6 is 23.2 Å². The van der Waals surface area contributed by atoms with Gasteiger partial charge in [0.05, 0.1) is 16.6 Å². The number of rotatable bonds is 8. The van der Waals surface area contributed by atoms with Crippen LogP contribution in [0.5, 0.6) is 0 Å². The first-order chi connectivity index (χ1) is 12.9. The Hall–Kier alpha value is -2.00. The minimum atomic E-state index is -4.69. The molecule has 156 valence electrons. The van der Waals surface area contributed by atoms with Crippen LogP contribution in [0.1, 0.15) is 24.8 Å². The van der Waals surface area contributed by atoms with E-state index in [9.17, 15) is 27.6 Å². The predicted octanol–water partition coefficient (Wildman–Crippen LogP) is 3.93. The number of carbonyl (C=O) groups is 3. The number of alkyl carbamates (subject to hydrolysis) is 1. The Bertz CT molecular complexity index is 731. The molecular formula is C17H19Cl2F3N2O4. The Balaban J connectivity index is 3.36. The summed E-state index contributed by atoms with van der Waals surface area (Å²) < 4.78 is 43.1. The van der Waals surface area contributed by atoms with Crippen LogP contribution in [-0.4, -0.2) is 50.0 Å². The Kier molecular flexibility index (Phi) is 8.56. The molecule has 0 aliphatic carbocycles. The summed E-state index contributed by atoms with van der Waals surface area (Å²) in [6.45, 7) is -0.429. The summed E-state index contributed by atoms with van der Waals surface area (Å²) in [5.41, 5.74) is -1.34. The fraction of sp³-hybridized carbons (Fsp3) is 0.471. The average molecular weight is 443 g/mol. The minimum absolute atomic E-state index is 0.0848. The molecule has 0 aliphatic heterocycles. The van der Waals surface area contributed by atoms with E-state index < -0.39 is 36.7 Å². The number of hydrogen-bond acceptors (Lipinski definition) is 4. The van der Waals surface area contributed by atoms with Gasteiger partial charge in [0.2, 0.25) is 5.91 Å². The number of alkyl halides is 3. The van der Waals surface area contributed by atoms with Crippen molar-refractivity contribution in [3.05, 3.63) is 33.8 Å². The van der Waals surface area contributed by atoms with Crippen LogP contribution in [0.2, 0.25) is 10.0 Å². The molecule has 2 amide bonds. The molecule has 1 N–H and O–H groups in total. The summed E-state index contributed by atoms with van der Waals surface area (Å²) in [7, 11) is 2.44. The number of ether oxygens (including phenoxy) is 1. The van der Waals surface area contributed by atoms with E-state index in [4.69, 9.17) is 27.9 Å². The number of hydrogen-bond donors (Lipinski definition) is 1.